The summed E-state index contributed by atoms with van der Waals surface area (Å²) in [5, 5.41) is 10.3. The number of nitrogens with zero attached hydrogens (tertiary/aromatic N) is 2. The van der Waals surface area contributed by atoms with Crippen molar-refractivity contribution < 1.29 is 0 Å². The van der Waals surface area contributed by atoms with Gasteiger partial charge in [-0.25, -0.2) is 0 Å². The van der Waals surface area contributed by atoms with Crippen molar-refractivity contribution in [3.05, 3.63) is 170 Å². The molecule has 0 N–H and O–H groups in total. The third kappa shape index (κ3) is 3.88. The Morgan fingerprint density at radius 2 is 0.857 bits per heavy atom. The number of hydrogen-bond acceptors (Lipinski definition) is 1. The van der Waals surface area contributed by atoms with Crippen LogP contribution in [0, 0.1) is 0 Å². The molecule has 0 aliphatic carbocycles. The monoisotopic (exact) mass is 640 g/mol. The third-order valence-electron chi connectivity index (χ3n) is 10.3. The second-order valence-corrected chi connectivity index (χ2v) is 14.0. The van der Waals surface area contributed by atoms with E-state index in [-0.39, 0.29) is 0 Å². The van der Waals surface area contributed by atoms with Crippen LogP contribution in [0.2, 0.25) is 0 Å². The normalized spacial score (nSPS) is 12.1. The molecule has 228 valence electrons. The van der Waals surface area contributed by atoms with E-state index in [4.69, 9.17) is 0 Å². The molecule has 2 nitrogen and oxygen atoms in total. The van der Waals surface area contributed by atoms with Gasteiger partial charge in [-0.15, -0.1) is 11.3 Å². The molecule has 0 spiro atoms. The highest BCUT2D eigenvalue weighted by Crippen LogP contribution is 2.42. The Morgan fingerprint density at radius 3 is 1.53 bits per heavy atom. The molecule has 3 heteroatoms. The van der Waals surface area contributed by atoms with Crippen LogP contribution < -0.4 is 0 Å². The minimum atomic E-state index is 1.15. The Hall–Kier alpha value is -6.16. The van der Waals surface area contributed by atoms with E-state index in [0.29, 0.717) is 0 Å². The maximum atomic E-state index is 2.47. The van der Waals surface area contributed by atoms with Gasteiger partial charge in [-0.2, -0.15) is 0 Å². The molecule has 0 amide bonds. The van der Waals surface area contributed by atoms with Crippen LogP contribution in [0.15, 0.2) is 170 Å². The van der Waals surface area contributed by atoms with E-state index in [0.717, 1.165) is 11.4 Å². The first-order chi connectivity index (χ1) is 24.3. The number of fused-ring (bicyclic) bond motifs is 11. The van der Waals surface area contributed by atoms with E-state index in [1.807, 2.05) is 11.3 Å². The van der Waals surface area contributed by atoms with E-state index >= 15 is 0 Å². The zero-order chi connectivity index (χ0) is 32.1. The summed E-state index contributed by atoms with van der Waals surface area (Å²) in [6.45, 7) is 0. The molecule has 0 radical (unpaired) electrons. The molecular weight excluding hydrogens is 613 g/mol. The standard InChI is InChI=1S/C46H28N2S/c1-2-12-33(13-3-1)47-41-16-8-6-14-35(41)37-23-24-38-36-15-7-9-17-42(36)48(46(38)45(37)47)34-21-18-29(19-22-34)32-20-25-43-39(27-32)40-26-30-10-4-5-11-31(30)28-44(40)49-43/h1-28H. The van der Waals surface area contributed by atoms with Crippen molar-refractivity contribution in [2.24, 2.45) is 0 Å². The number of rotatable bonds is 3. The maximum absolute atomic E-state index is 2.47. The highest BCUT2D eigenvalue weighted by atomic mass is 32.1. The van der Waals surface area contributed by atoms with Crippen LogP contribution in [-0.4, -0.2) is 9.13 Å². The van der Waals surface area contributed by atoms with Gasteiger partial charge in [0.1, 0.15) is 0 Å². The summed E-state index contributed by atoms with van der Waals surface area (Å²) in [6.07, 6.45) is 0. The molecule has 49 heavy (non-hydrogen) atoms. The van der Waals surface area contributed by atoms with Crippen molar-refractivity contribution in [3.8, 4) is 22.5 Å². The molecule has 0 atom stereocenters. The summed E-state index contributed by atoms with van der Waals surface area (Å²) in [5.74, 6) is 0. The minimum absolute atomic E-state index is 1.15. The summed E-state index contributed by atoms with van der Waals surface area (Å²) in [6, 6.07) is 62.4. The Bertz CT molecular complexity index is 3090. The summed E-state index contributed by atoms with van der Waals surface area (Å²) in [7, 11) is 0. The molecule has 8 aromatic carbocycles. The quantitative estimate of drug-likeness (QED) is 0.182. The molecule has 3 heterocycles. The summed E-state index contributed by atoms with van der Waals surface area (Å²) in [4.78, 5) is 0. The first-order valence-corrected chi connectivity index (χ1v) is 17.6. The minimum Gasteiger partial charge on any atom is -0.307 e. The fourth-order valence-corrected chi connectivity index (χ4v) is 9.18. The largest absolute Gasteiger partial charge is 0.307 e. The second-order valence-electron chi connectivity index (χ2n) is 13.0. The van der Waals surface area contributed by atoms with Gasteiger partial charge in [-0.1, -0.05) is 109 Å². The van der Waals surface area contributed by atoms with Crippen molar-refractivity contribution in [2.45, 2.75) is 0 Å². The predicted molar refractivity (Wildman–Crippen MR) is 211 cm³/mol. The Kier molecular flexibility index (Phi) is 5.57. The average molecular weight is 641 g/mol. The van der Waals surface area contributed by atoms with Crippen LogP contribution in [0.1, 0.15) is 0 Å². The predicted octanol–water partition coefficient (Wildman–Crippen LogP) is 13.1. The lowest BCUT2D eigenvalue weighted by Crippen LogP contribution is -1.98. The molecule has 0 bridgehead atoms. The molecule has 0 aliphatic heterocycles. The summed E-state index contributed by atoms with van der Waals surface area (Å²) < 4.78 is 7.58. The molecular formula is C46H28N2S. The fourth-order valence-electron chi connectivity index (χ4n) is 8.06. The molecule has 11 aromatic rings. The maximum Gasteiger partial charge on any atom is 0.0788 e. The molecule has 0 aliphatic rings. The van der Waals surface area contributed by atoms with Gasteiger partial charge in [0.05, 0.1) is 22.1 Å². The molecule has 11 rings (SSSR count). The summed E-state index contributed by atoms with van der Waals surface area (Å²) in [5.41, 5.74) is 9.65. The number of hydrogen-bond donors (Lipinski definition) is 0. The lowest BCUT2D eigenvalue weighted by Gasteiger charge is -2.13. The third-order valence-corrected chi connectivity index (χ3v) is 11.4. The first-order valence-electron chi connectivity index (χ1n) is 16.8. The number of thiophene rings is 1. The van der Waals surface area contributed by atoms with E-state index in [2.05, 4.69) is 179 Å². The molecule has 3 aromatic heterocycles. The molecule has 0 fully saturated rings. The van der Waals surface area contributed by atoms with Gasteiger partial charge in [-0.05, 0) is 82.6 Å². The topological polar surface area (TPSA) is 9.86 Å². The van der Waals surface area contributed by atoms with Crippen LogP contribution in [0.5, 0.6) is 0 Å². The van der Waals surface area contributed by atoms with Gasteiger partial charge < -0.3 is 9.13 Å². The number of aromatic nitrogens is 2. The Morgan fingerprint density at radius 1 is 0.327 bits per heavy atom. The van der Waals surface area contributed by atoms with E-state index in [9.17, 15) is 0 Å². The van der Waals surface area contributed by atoms with Gasteiger partial charge in [0.15, 0.2) is 0 Å². The SMILES string of the molecule is c1ccc(-n2c3ccccc3c3ccc4c5ccccc5n(-c5ccc(-c6ccc7sc8cc9ccccc9cc8c7c6)cc5)c4c32)cc1. The lowest BCUT2D eigenvalue weighted by atomic mass is 10.0. The number of para-hydroxylation sites is 3. The molecule has 0 saturated carbocycles. The fraction of sp³-hybridized carbons (Fsp3) is 0. The van der Waals surface area contributed by atoms with Crippen molar-refractivity contribution in [2.75, 3.05) is 0 Å². The first kappa shape index (κ1) is 26.9. The van der Waals surface area contributed by atoms with Gasteiger partial charge in [0.25, 0.3) is 0 Å². The lowest BCUT2D eigenvalue weighted by molar-refractivity contribution is 1.15. The van der Waals surface area contributed by atoms with Gasteiger partial charge >= 0.3 is 0 Å². The van der Waals surface area contributed by atoms with E-state index in [1.54, 1.807) is 0 Å². The van der Waals surface area contributed by atoms with Gasteiger partial charge in [0.2, 0.25) is 0 Å². The second kappa shape index (κ2) is 10.2. The van der Waals surface area contributed by atoms with Gasteiger partial charge in [0, 0.05) is 53.1 Å². The van der Waals surface area contributed by atoms with Crippen molar-refractivity contribution in [1.29, 1.82) is 0 Å². The Balaban J connectivity index is 1.14. The zero-order valence-corrected chi connectivity index (χ0v) is 27.3. The van der Waals surface area contributed by atoms with Crippen molar-refractivity contribution >= 4 is 85.9 Å². The van der Waals surface area contributed by atoms with Crippen LogP contribution in [0.4, 0.5) is 0 Å². The smallest absolute Gasteiger partial charge is 0.0788 e. The van der Waals surface area contributed by atoms with Crippen LogP contribution in [-0.2, 0) is 0 Å². The van der Waals surface area contributed by atoms with Crippen molar-refractivity contribution in [3.63, 3.8) is 0 Å². The van der Waals surface area contributed by atoms with E-state index in [1.165, 1.54) is 85.7 Å². The van der Waals surface area contributed by atoms with Crippen molar-refractivity contribution in [1.82, 2.24) is 9.13 Å². The van der Waals surface area contributed by atoms with Gasteiger partial charge in [-0.3, -0.25) is 0 Å². The van der Waals surface area contributed by atoms with E-state index < -0.39 is 0 Å². The van der Waals surface area contributed by atoms with Crippen LogP contribution in [0.3, 0.4) is 0 Å². The highest BCUT2D eigenvalue weighted by Gasteiger charge is 2.21. The molecule has 0 saturated heterocycles. The molecule has 0 unspecified atom stereocenters. The highest BCUT2D eigenvalue weighted by molar-refractivity contribution is 7.25. The number of benzene rings is 8. The van der Waals surface area contributed by atoms with Crippen LogP contribution in [0.25, 0.3) is 97.1 Å². The summed E-state index contributed by atoms with van der Waals surface area (Å²) >= 11 is 1.88. The van der Waals surface area contributed by atoms with Crippen LogP contribution >= 0.6 is 11.3 Å². The zero-order valence-electron chi connectivity index (χ0n) is 26.5. The Labute approximate surface area is 286 Å². The average Bonchev–Trinajstić information content (AvgIpc) is 3.81.